The fraction of sp³-hybridized carbons (Fsp3) is 0.571. The van der Waals surface area contributed by atoms with E-state index in [2.05, 4.69) is 22.1 Å². The number of rotatable bonds is 5. The Bertz CT molecular complexity index is 272. The van der Waals surface area contributed by atoms with Crippen molar-refractivity contribution < 1.29 is 0 Å². The lowest BCUT2D eigenvalue weighted by molar-refractivity contribution is 0.556. The lowest BCUT2D eigenvalue weighted by atomic mass is 10.5. The minimum absolute atomic E-state index is 0.308. The maximum atomic E-state index is 5.41. The van der Waals surface area contributed by atoms with Crippen LogP contribution in [-0.4, -0.2) is 32.0 Å². The molecule has 1 aromatic heterocycles. The van der Waals surface area contributed by atoms with E-state index in [0.29, 0.717) is 18.3 Å². The normalized spacial score (nSPS) is 12.8. The van der Waals surface area contributed by atoms with Crippen LogP contribution in [0.3, 0.4) is 0 Å². The highest BCUT2D eigenvalue weighted by molar-refractivity contribution is 7.99. The Morgan fingerprint density at radius 3 is 3.15 bits per heavy atom. The molecule has 13 heavy (non-hydrogen) atoms. The van der Waals surface area contributed by atoms with Gasteiger partial charge in [0.25, 0.3) is 0 Å². The van der Waals surface area contributed by atoms with Gasteiger partial charge in [0.1, 0.15) is 0 Å². The van der Waals surface area contributed by atoms with Crippen LogP contribution in [0.5, 0.6) is 0 Å². The topological polar surface area (TPSA) is 69.6 Å². The second kappa shape index (κ2) is 4.98. The number of tetrazole rings is 1. The number of hydrogen-bond acceptors (Lipinski definition) is 5. The molecule has 1 heterocycles. The molecule has 0 spiro atoms. The lowest BCUT2D eigenvalue weighted by Gasteiger charge is -2.04. The molecule has 1 aromatic rings. The summed E-state index contributed by atoms with van der Waals surface area (Å²) in [6, 6.07) is 0. The fourth-order valence-electron chi connectivity index (χ4n) is 0.758. The van der Waals surface area contributed by atoms with Crippen molar-refractivity contribution in [1.82, 2.24) is 20.2 Å². The van der Waals surface area contributed by atoms with E-state index in [9.17, 15) is 0 Å². The number of nitrogens with zero attached hydrogens (tertiary/aromatic N) is 4. The highest BCUT2D eigenvalue weighted by atomic mass is 32.2. The van der Waals surface area contributed by atoms with Crippen molar-refractivity contribution in [3.63, 3.8) is 0 Å². The Balaban J connectivity index is 2.64. The zero-order valence-electron chi connectivity index (χ0n) is 7.55. The molecule has 0 saturated carbocycles. The molecule has 0 fully saturated rings. The number of nitrogens with two attached hydrogens (primary N) is 1. The molecule has 5 nitrogen and oxygen atoms in total. The first-order valence-electron chi connectivity index (χ1n) is 4.03. The molecule has 1 unspecified atom stereocenters. The van der Waals surface area contributed by atoms with E-state index in [1.54, 1.807) is 16.4 Å². The molecule has 1 rings (SSSR count). The average Bonchev–Trinajstić information content (AvgIpc) is 2.54. The molecule has 2 N–H and O–H groups in total. The van der Waals surface area contributed by atoms with E-state index in [0.717, 1.165) is 5.16 Å². The van der Waals surface area contributed by atoms with Crippen molar-refractivity contribution >= 4 is 11.8 Å². The van der Waals surface area contributed by atoms with Gasteiger partial charge in [0, 0.05) is 11.8 Å². The first-order chi connectivity index (χ1) is 6.27. The molecule has 6 heteroatoms. The predicted octanol–water partition coefficient (Wildman–Crippen LogP) is 0.298. The smallest absolute Gasteiger partial charge is 0.209 e. The minimum Gasteiger partial charge on any atom is -0.329 e. The summed E-state index contributed by atoms with van der Waals surface area (Å²) in [6.45, 7) is 6.93. The number of aromatic nitrogens is 4. The van der Waals surface area contributed by atoms with E-state index < -0.39 is 0 Å². The van der Waals surface area contributed by atoms with Gasteiger partial charge in [0.15, 0.2) is 0 Å². The molecule has 0 aromatic carbocycles. The third kappa shape index (κ3) is 2.82. The molecule has 0 amide bonds. The average molecular weight is 199 g/mol. The molecule has 0 radical (unpaired) electrons. The molecular formula is C7H13N5S. The Morgan fingerprint density at radius 2 is 2.54 bits per heavy atom. The van der Waals surface area contributed by atoms with Crippen molar-refractivity contribution in [3.05, 3.63) is 12.7 Å². The van der Waals surface area contributed by atoms with Crippen molar-refractivity contribution in [2.45, 2.75) is 23.9 Å². The molecule has 0 aliphatic rings. The maximum absolute atomic E-state index is 5.41. The first-order valence-corrected chi connectivity index (χ1v) is 4.91. The SMILES string of the molecule is C=CC(C)Sc1nnnn1CCN. The van der Waals surface area contributed by atoms with Crippen molar-refractivity contribution in [3.8, 4) is 0 Å². The fourth-order valence-corrected chi connectivity index (χ4v) is 1.52. The lowest BCUT2D eigenvalue weighted by Crippen LogP contribution is -2.12. The monoisotopic (exact) mass is 199 g/mol. The van der Waals surface area contributed by atoms with E-state index in [-0.39, 0.29) is 0 Å². The standard InChI is InChI=1S/C7H13N5S/c1-3-6(2)13-7-9-10-11-12(7)5-4-8/h3,6H,1,4-5,8H2,2H3. The summed E-state index contributed by atoms with van der Waals surface area (Å²) in [6.07, 6.45) is 1.85. The van der Waals surface area contributed by atoms with Gasteiger partial charge in [-0.1, -0.05) is 17.8 Å². The van der Waals surface area contributed by atoms with E-state index >= 15 is 0 Å². The summed E-state index contributed by atoms with van der Waals surface area (Å²) in [5.41, 5.74) is 5.41. The van der Waals surface area contributed by atoms with Crippen LogP contribution < -0.4 is 5.73 Å². The van der Waals surface area contributed by atoms with Crippen LogP contribution in [0.2, 0.25) is 0 Å². The zero-order chi connectivity index (χ0) is 9.68. The van der Waals surface area contributed by atoms with E-state index in [1.807, 2.05) is 13.0 Å². The van der Waals surface area contributed by atoms with E-state index in [1.165, 1.54) is 0 Å². The van der Waals surface area contributed by atoms with Gasteiger partial charge in [-0.25, -0.2) is 4.68 Å². The molecule has 0 aliphatic carbocycles. The van der Waals surface area contributed by atoms with Crippen LogP contribution >= 0.6 is 11.8 Å². The van der Waals surface area contributed by atoms with Gasteiger partial charge in [-0.05, 0) is 17.4 Å². The van der Waals surface area contributed by atoms with Gasteiger partial charge in [-0.15, -0.1) is 11.7 Å². The zero-order valence-corrected chi connectivity index (χ0v) is 8.37. The minimum atomic E-state index is 0.308. The van der Waals surface area contributed by atoms with Crippen molar-refractivity contribution in [2.75, 3.05) is 6.54 Å². The molecule has 0 aliphatic heterocycles. The summed E-state index contributed by atoms with van der Waals surface area (Å²) in [5.74, 6) is 0. The molecule has 0 saturated heterocycles. The third-order valence-corrected chi connectivity index (χ3v) is 2.53. The second-order valence-corrected chi connectivity index (χ2v) is 3.88. The van der Waals surface area contributed by atoms with Crippen LogP contribution in [-0.2, 0) is 6.54 Å². The van der Waals surface area contributed by atoms with Gasteiger partial charge in [0.05, 0.1) is 6.54 Å². The number of thioether (sulfide) groups is 1. The first kappa shape index (κ1) is 10.2. The highest BCUT2D eigenvalue weighted by Gasteiger charge is 2.08. The summed E-state index contributed by atoms with van der Waals surface area (Å²) < 4.78 is 1.70. The number of hydrogen-bond donors (Lipinski definition) is 1. The van der Waals surface area contributed by atoms with Crippen LogP contribution in [0, 0.1) is 0 Å². The quantitative estimate of drug-likeness (QED) is 0.545. The summed E-state index contributed by atoms with van der Waals surface area (Å²) in [7, 11) is 0. The molecule has 0 bridgehead atoms. The van der Waals surface area contributed by atoms with Crippen LogP contribution in [0.25, 0.3) is 0 Å². The maximum Gasteiger partial charge on any atom is 0.209 e. The largest absolute Gasteiger partial charge is 0.329 e. The molecule has 72 valence electrons. The summed E-state index contributed by atoms with van der Waals surface area (Å²) in [5, 5.41) is 12.4. The van der Waals surface area contributed by atoms with E-state index in [4.69, 9.17) is 5.73 Å². The van der Waals surface area contributed by atoms with Gasteiger partial charge >= 0.3 is 0 Å². The second-order valence-electron chi connectivity index (χ2n) is 2.53. The Kier molecular flexibility index (Phi) is 3.91. The third-order valence-electron chi connectivity index (χ3n) is 1.46. The van der Waals surface area contributed by atoms with Gasteiger partial charge in [0.2, 0.25) is 5.16 Å². The van der Waals surface area contributed by atoms with Crippen molar-refractivity contribution in [2.24, 2.45) is 5.73 Å². The van der Waals surface area contributed by atoms with Crippen LogP contribution in [0.4, 0.5) is 0 Å². The Labute approximate surface area is 81.4 Å². The summed E-state index contributed by atoms with van der Waals surface area (Å²) >= 11 is 1.57. The van der Waals surface area contributed by atoms with Gasteiger partial charge in [-0.2, -0.15) is 0 Å². The summed E-state index contributed by atoms with van der Waals surface area (Å²) in [4.78, 5) is 0. The molecule has 1 atom stereocenters. The van der Waals surface area contributed by atoms with Gasteiger partial charge in [-0.3, -0.25) is 0 Å². The van der Waals surface area contributed by atoms with Crippen LogP contribution in [0.15, 0.2) is 17.8 Å². The predicted molar refractivity (Wildman–Crippen MR) is 52.4 cm³/mol. The van der Waals surface area contributed by atoms with Crippen molar-refractivity contribution in [1.29, 1.82) is 0 Å². The van der Waals surface area contributed by atoms with Crippen LogP contribution in [0.1, 0.15) is 6.92 Å². The van der Waals surface area contributed by atoms with Gasteiger partial charge < -0.3 is 5.73 Å². The Hall–Kier alpha value is -0.880. The highest BCUT2D eigenvalue weighted by Crippen LogP contribution is 2.19. The molecular weight excluding hydrogens is 186 g/mol. The Morgan fingerprint density at radius 1 is 1.77 bits per heavy atom.